The number of thiazole rings is 1. The molecule has 1 heterocycles. The molecule has 0 radical (unpaired) electrons. The smallest absolute Gasteiger partial charge is 0.195 e. The van der Waals surface area contributed by atoms with Gasteiger partial charge in [0.05, 0.1) is 16.6 Å². The Kier molecular flexibility index (Phi) is 5.63. The van der Waals surface area contributed by atoms with Gasteiger partial charge in [-0.15, -0.1) is 11.3 Å². The molecule has 0 aliphatic rings. The second-order valence-corrected chi connectivity index (χ2v) is 7.76. The van der Waals surface area contributed by atoms with E-state index < -0.39 is 0 Å². The lowest BCUT2D eigenvalue weighted by atomic mass is 10.1. The number of hydrogen-bond donors (Lipinski definition) is 2. The average Bonchev–Trinajstić information content (AvgIpc) is 3.14. The second kappa shape index (κ2) is 8.51. The van der Waals surface area contributed by atoms with Crippen molar-refractivity contribution < 1.29 is 13.5 Å². The summed E-state index contributed by atoms with van der Waals surface area (Å²) >= 11 is 1.17. The van der Waals surface area contributed by atoms with Crippen molar-refractivity contribution in [3.8, 4) is 11.1 Å². The summed E-state index contributed by atoms with van der Waals surface area (Å²) in [6.07, 6.45) is 0.211. The number of benzene rings is 3. The molecule has 1 aromatic heterocycles. The molecule has 30 heavy (non-hydrogen) atoms. The molecule has 0 bridgehead atoms. The van der Waals surface area contributed by atoms with Crippen molar-refractivity contribution in [3.05, 3.63) is 88.9 Å². The van der Waals surface area contributed by atoms with Gasteiger partial charge in [-0.3, -0.25) is 10.8 Å². The van der Waals surface area contributed by atoms with Crippen molar-refractivity contribution in [2.24, 2.45) is 0 Å². The number of rotatable bonds is 5. The summed E-state index contributed by atoms with van der Waals surface area (Å²) in [5, 5.41) is 16.5. The van der Waals surface area contributed by atoms with Crippen molar-refractivity contribution in [1.82, 2.24) is 4.98 Å². The number of ether oxygens (including phenoxy) is 1. The quantitative estimate of drug-likeness (QED) is 0.307. The Hall–Kier alpha value is -3.45. The number of halogens is 2. The van der Waals surface area contributed by atoms with Crippen LogP contribution in [0.4, 0.5) is 8.78 Å². The van der Waals surface area contributed by atoms with E-state index >= 15 is 4.39 Å². The van der Waals surface area contributed by atoms with Crippen LogP contribution in [0.1, 0.15) is 10.6 Å². The molecule has 0 amide bonds. The van der Waals surface area contributed by atoms with Crippen LogP contribution in [-0.4, -0.2) is 16.8 Å². The minimum absolute atomic E-state index is 0.0608. The molecule has 0 aliphatic heterocycles. The fourth-order valence-corrected chi connectivity index (χ4v) is 4.07. The van der Waals surface area contributed by atoms with Crippen LogP contribution < -0.4 is 0 Å². The number of nitrogens with one attached hydrogen (secondary N) is 2. The molecule has 0 unspecified atom stereocenters. The van der Waals surface area contributed by atoms with E-state index in [4.69, 9.17) is 15.6 Å². The fourth-order valence-electron chi connectivity index (χ4n) is 3.07. The van der Waals surface area contributed by atoms with Gasteiger partial charge in [0.1, 0.15) is 16.6 Å². The molecule has 4 aromatic rings. The van der Waals surface area contributed by atoms with Gasteiger partial charge in [-0.25, -0.2) is 13.8 Å². The Morgan fingerprint density at radius 2 is 1.57 bits per heavy atom. The van der Waals surface area contributed by atoms with Gasteiger partial charge < -0.3 is 4.74 Å². The Balaban J connectivity index is 1.46. The van der Waals surface area contributed by atoms with Gasteiger partial charge in [0.15, 0.2) is 11.8 Å². The lowest BCUT2D eigenvalue weighted by Crippen LogP contribution is -2.15. The molecular weight excluding hydrogens is 404 g/mol. The van der Waals surface area contributed by atoms with Crippen molar-refractivity contribution >= 4 is 33.3 Å². The highest BCUT2D eigenvalue weighted by Crippen LogP contribution is 2.32. The van der Waals surface area contributed by atoms with Crippen molar-refractivity contribution in [1.29, 1.82) is 10.8 Å². The minimum Gasteiger partial charge on any atom is -0.429 e. The van der Waals surface area contributed by atoms with E-state index in [0.29, 0.717) is 26.4 Å². The maximum absolute atomic E-state index is 15.0. The van der Waals surface area contributed by atoms with Gasteiger partial charge in [0.2, 0.25) is 0 Å². The van der Waals surface area contributed by atoms with Crippen LogP contribution in [0.15, 0.2) is 66.7 Å². The van der Waals surface area contributed by atoms with E-state index in [1.165, 1.54) is 23.5 Å². The van der Waals surface area contributed by atoms with Crippen molar-refractivity contribution in [3.63, 3.8) is 0 Å². The summed E-state index contributed by atoms with van der Waals surface area (Å²) in [6, 6.07) is 18.5. The molecule has 4 rings (SSSR count). The lowest BCUT2D eigenvalue weighted by Gasteiger charge is -2.07. The predicted octanol–water partition coefficient (Wildman–Crippen LogP) is 6.00. The standard InChI is InChI=1S/C23H17F2N3OS/c24-16-8-6-14(7-9-16)12-19(26)29-20(27)13-21-28-18-11-10-17(22(25)23(18)30-21)15-4-2-1-3-5-15/h1-11,26-27H,12-13H2. The second-order valence-electron chi connectivity index (χ2n) is 6.68. The third kappa shape index (κ3) is 4.41. The topological polar surface area (TPSA) is 69.8 Å². The summed E-state index contributed by atoms with van der Waals surface area (Å²) in [4.78, 5) is 4.39. The molecule has 0 aliphatic carbocycles. The maximum Gasteiger partial charge on any atom is 0.195 e. The summed E-state index contributed by atoms with van der Waals surface area (Å²) in [6.45, 7) is 0. The minimum atomic E-state index is -0.350. The average molecular weight is 421 g/mol. The molecule has 3 aromatic carbocycles. The monoisotopic (exact) mass is 421 g/mol. The summed E-state index contributed by atoms with van der Waals surface area (Å²) < 4.78 is 33.7. The van der Waals surface area contributed by atoms with Crippen LogP contribution in [0.2, 0.25) is 0 Å². The van der Waals surface area contributed by atoms with Crippen LogP contribution in [0.5, 0.6) is 0 Å². The zero-order valence-corrected chi connectivity index (χ0v) is 16.6. The Bertz CT molecular complexity index is 1220. The number of aromatic nitrogens is 1. The van der Waals surface area contributed by atoms with Crippen LogP contribution >= 0.6 is 11.3 Å². The molecule has 4 nitrogen and oxygen atoms in total. The highest BCUT2D eigenvalue weighted by atomic mass is 32.1. The van der Waals surface area contributed by atoms with Crippen LogP contribution in [0.25, 0.3) is 21.3 Å². The highest BCUT2D eigenvalue weighted by molar-refractivity contribution is 7.18. The molecular formula is C23H17F2N3OS. The van der Waals surface area contributed by atoms with E-state index in [0.717, 1.165) is 5.56 Å². The SMILES string of the molecule is N=C(Cc1ccc(F)cc1)OC(=N)Cc1nc2ccc(-c3ccccc3)c(F)c2s1. The van der Waals surface area contributed by atoms with Crippen LogP contribution in [-0.2, 0) is 17.6 Å². The molecule has 0 atom stereocenters. The molecule has 7 heteroatoms. The Labute approximate surface area is 175 Å². The normalized spacial score (nSPS) is 10.9. The van der Waals surface area contributed by atoms with Gasteiger partial charge in [0, 0.05) is 12.0 Å². The zero-order valence-electron chi connectivity index (χ0n) is 15.8. The largest absolute Gasteiger partial charge is 0.429 e. The van der Waals surface area contributed by atoms with E-state index in [9.17, 15) is 4.39 Å². The summed E-state index contributed by atoms with van der Waals surface area (Å²) in [5.41, 5.74) is 2.54. The number of nitrogens with zero attached hydrogens (tertiary/aromatic N) is 1. The molecule has 2 N–H and O–H groups in total. The van der Waals surface area contributed by atoms with Gasteiger partial charge in [-0.2, -0.15) is 0 Å². The Morgan fingerprint density at radius 1 is 0.867 bits per heavy atom. The van der Waals surface area contributed by atoms with E-state index in [2.05, 4.69) is 4.98 Å². The van der Waals surface area contributed by atoms with Crippen LogP contribution in [0, 0.1) is 22.5 Å². The Morgan fingerprint density at radius 3 is 2.30 bits per heavy atom. The van der Waals surface area contributed by atoms with Gasteiger partial charge in [-0.05, 0) is 35.4 Å². The first-order chi connectivity index (χ1) is 14.5. The van der Waals surface area contributed by atoms with E-state index in [1.807, 2.05) is 30.3 Å². The first kappa shape index (κ1) is 19.8. The predicted molar refractivity (Wildman–Crippen MR) is 115 cm³/mol. The third-order valence-electron chi connectivity index (χ3n) is 4.46. The molecule has 0 saturated heterocycles. The van der Waals surface area contributed by atoms with Gasteiger partial charge in [0.25, 0.3) is 0 Å². The first-order valence-corrected chi connectivity index (χ1v) is 10.0. The summed E-state index contributed by atoms with van der Waals surface area (Å²) in [5.74, 6) is -0.952. The highest BCUT2D eigenvalue weighted by Gasteiger charge is 2.15. The van der Waals surface area contributed by atoms with Crippen LogP contribution in [0.3, 0.4) is 0 Å². The van der Waals surface area contributed by atoms with Crippen molar-refractivity contribution in [2.75, 3.05) is 0 Å². The zero-order chi connectivity index (χ0) is 21.1. The molecule has 150 valence electrons. The maximum atomic E-state index is 15.0. The van der Waals surface area contributed by atoms with E-state index in [1.54, 1.807) is 24.3 Å². The molecule has 0 saturated carbocycles. The molecule has 0 spiro atoms. The number of fused-ring (bicyclic) bond motifs is 1. The van der Waals surface area contributed by atoms with E-state index in [-0.39, 0.29) is 36.3 Å². The molecule has 0 fully saturated rings. The van der Waals surface area contributed by atoms with Gasteiger partial charge >= 0.3 is 0 Å². The fraction of sp³-hybridized carbons (Fsp3) is 0.0870. The summed E-state index contributed by atoms with van der Waals surface area (Å²) in [7, 11) is 0. The number of hydrogen-bond acceptors (Lipinski definition) is 5. The third-order valence-corrected chi connectivity index (χ3v) is 5.53. The van der Waals surface area contributed by atoms with Gasteiger partial charge in [-0.1, -0.05) is 42.5 Å². The first-order valence-electron chi connectivity index (χ1n) is 9.20. The lowest BCUT2D eigenvalue weighted by molar-refractivity contribution is 0.509. The van der Waals surface area contributed by atoms with Crippen molar-refractivity contribution in [2.45, 2.75) is 12.8 Å².